The molecule has 256 valence electrons. The Morgan fingerprint density at radius 3 is 2.47 bits per heavy atom. The highest BCUT2D eigenvalue weighted by Gasteiger charge is 2.29. The molecule has 7 N–H and O–H groups in total. The Kier molecular flexibility index (Phi) is 11.0. The molecule has 1 unspecified atom stereocenters. The highest BCUT2D eigenvalue weighted by molar-refractivity contribution is 5.98. The molecule has 0 aliphatic carbocycles. The third-order valence-corrected chi connectivity index (χ3v) is 8.62. The summed E-state index contributed by atoms with van der Waals surface area (Å²) in [5.74, 6) is 0.570. The monoisotopic (exact) mass is 662 g/mol. The highest BCUT2D eigenvalue weighted by Crippen LogP contribution is 2.32. The summed E-state index contributed by atoms with van der Waals surface area (Å²) in [5.41, 5.74) is 22.7. The number of H-pyrrole nitrogens is 1. The highest BCUT2D eigenvalue weighted by atomic mass is 16.2. The van der Waals surface area contributed by atoms with Crippen LogP contribution in [-0.4, -0.2) is 74.4 Å². The zero-order chi connectivity index (χ0) is 35.1. The molecule has 3 heterocycles. The molecule has 5 aromatic rings. The largest absolute Gasteiger partial charge is 0.370 e. The Bertz CT molecular complexity index is 1930. The second-order valence-corrected chi connectivity index (χ2v) is 12.0. The number of aromatic amines is 1. The molecule has 49 heavy (non-hydrogen) atoms. The van der Waals surface area contributed by atoms with E-state index in [-0.39, 0.29) is 17.9 Å². The Morgan fingerprint density at radius 2 is 1.78 bits per heavy atom. The van der Waals surface area contributed by atoms with Crippen molar-refractivity contribution >= 4 is 34.5 Å². The number of fused-ring (bicyclic) bond motifs is 1. The van der Waals surface area contributed by atoms with Crippen LogP contribution in [0.1, 0.15) is 55.6 Å². The summed E-state index contributed by atoms with van der Waals surface area (Å²) >= 11 is 0. The smallest absolute Gasteiger partial charge is 0.254 e. The van der Waals surface area contributed by atoms with Crippen LogP contribution in [-0.2, 0) is 4.79 Å². The van der Waals surface area contributed by atoms with Crippen molar-refractivity contribution in [1.82, 2.24) is 24.4 Å². The molecular formula is C37H46N10O2. The van der Waals surface area contributed by atoms with E-state index in [4.69, 9.17) is 22.2 Å². The van der Waals surface area contributed by atoms with Gasteiger partial charge in [-0.2, -0.15) is 0 Å². The second-order valence-electron chi connectivity index (χ2n) is 12.0. The fraction of sp³-hybridized carbons (Fsp3) is 0.324. The zero-order valence-electron chi connectivity index (χ0n) is 28.6. The van der Waals surface area contributed by atoms with Crippen molar-refractivity contribution in [3.8, 4) is 22.9 Å². The molecule has 3 aromatic carbocycles. The number of imidazole rings is 2. The molecule has 2 amide bonds. The van der Waals surface area contributed by atoms with Gasteiger partial charge in [-0.15, -0.1) is 0 Å². The Hall–Kier alpha value is -5.65. The first-order chi connectivity index (χ1) is 23.7. The number of nitrogens with zero attached hydrogens (tertiary/aromatic N) is 6. The predicted octanol–water partition coefficient (Wildman–Crippen LogP) is 4.86. The molecule has 2 aromatic heterocycles. The molecule has 1 saturated heterocycles. The average Bonchev–Trinajstić information content (AvgIpc) is 3.74. The Balaban J connectivity index is 0.00000230. The summed E-state index contributed by atoms with van der Waals surface area (Å²) in [4.78, 5) is 48.0. The lowest BCUT2D eigenvalue weighted by Gasteiger charge is -2.41. The van der Waals surface area contributed by atoms with Crippen LogP contribution in [0.15, 0.2) is 84.0 Å². The number of benzene rings is 3. The van der Waals surface area contributed by atoms with Gasteiger partial charge >= 0.3 is 0 Å². The van der Waals surface area contributed by atoms with E-state index >= 15 is 0 Å². The lowest BCUT2D eigenvalue weighted by molar-refractivity contribution is -0.121. The van der Waals surface area contributed by atoms with Crippen LogP contribution in [0.5, 0.6) is 0 Å². The molecule has 0 saturated carbocycles. The van der Waals surface area contributed by atoms with Gasteiger partial charge in [0.15, 0.2) is 11.8 Å². The van der Waals surface area contributed by atoms with Crippen molar-refractivity contribution in [2.24, 2.45) is 22.2 Å². The summed E-state index contributed by atoms with van der Waals surface area (Å²) in [5, 5.41) is 0. The molecular weight excluding hydrogens is 616 g/mol. The first-order valence-electron chi connectivity index (χ1n) is 16.8. The second kappa shape index (κ2) is 15.5. The van der Waals surface area contributed by atoms with Gasteiger partial charge in [0.1, 0.15) is 17.6 Å². The SMILES string of the molecule is CC.Cc1cccc(N2CCN(C(=O)c3ccc4c(c3)nc(-c3cnc(-c5ccccc5)[nH]3)n4[C@@H](CCCN=C(N)N)C(N)=O)CC2C)c1. The Morgan fingerprint density at radius 1 is 1.00 bits per heavy atom. The van der Waals surface area contributed by atoms with E-state index in [0.717, 1.165) is 12.1 Å². The number of amides is 2. The van der Waals surface area contributed by atoms with E-state index < -0.39 is 11.9 Å². The third kappa shape index (κ3) is 7.75. The van der Waals surface area contributed by atoms with E-state index in [0.29, 0.717) is 66.4 Å². The molecule has 0 bridgehead atoms. The summed E-state index contributed by atoms with van der Waals surface area (Å²) in [6, 6.07) is 23.0. The maximum Gasteiger partial charge on any atom is 0.254 e. The number of nitrogens with one attached hydrogen (secondary N) is 1. The maximum absolute atomic E-state index is 13.8. The standard InChI is InChI=1S/C35H40N10O2.C2H6/c1-22-8-6-11-26(18-22)44-17-16-43(21-23(44)2)34(47)25-13-14-29-27(19-25)42-33(28-20-40-32(41-28)24-9-4-3-5-10-24)45(29)30(31(36)46)12-7-15-39-35(37)38;1-2/h3-6,8-11,13-14,18-20,23,30H,7,12,15-17,21H2,1-2H3,(H2,36,46)(H,40,41)(H4,37,38,39);1-2H3/t23?,30-;/m0./s1. The van der Waals surface area contributed by atoms with Crippen molar-refractivity contribution in [2.45, 2.75) is 52.6 Å². The number of rotatable bonds is 10. The van der Waals surface area contributed by atoms with E-state index in [1.54, 1.807) is 18.3 Å². The fourth-order valence-corrected chi connectivity index (χ4v) is 6.32. The van der Waals surface area contributed by atoms with Gasteiger partial charge in [-0.1, -0.05) is 56.3 Å². The van der Waals surface area contributed by atoms with Gasteiger partial charge in [0.25, 0.3) is 5.91 Å². The number of nitrogens with two attached hydrogens (primary N) is 3. The first-order valence-corrected chi connectivity index (χ1v) is 16.8. The number of hydrogen-bond acceptors (Lipinski definition) is 6. The van der Waals surface area contributed by atoms with Gasteiger partial charge in [-0.05, 0) is 62.6 Å². The number of aliphatic imine (C=N–C) groups is 1. The number of carbonyl (C=O) groups excluding carboxylic acids is 2. The Labute approximate surface area is 287 Å². The van der Waals surface area contributed by atoms with E-state index in [9.17, 15) is 9.59 Å². The summed E-state index contributed by atoms with van der Waals surface area (Å²) in [7, 11) is 0. The van der Waals surface area contributed by atoms with E-state index in [1.807, 2.05) is 59.7 Å². The van der Waals surface area contributed by atoms with E-state index in [2.05, 4.69) is 58.0 Å². The summed E-state index contributed by atoms with van der Waals surface area (Å²) in [6.07, 6.45) is 2.60. The molecule has 6 rings (SSSR count). The third-order valence-electron chi connectivity index (χ3n) is 8.62. The van der Waals surface area contributed by atoms with Crippen molar-refractivity contribution < 1.29 is 9.59 Å². The topological polar surface area (TPSA) is 178 Å². The average molecular weight is 663 g/mol. The number of aromatic nitrogens is 4. The first kappa shape index (κ1) is 34.7. The van der Waals surface area contributed by atoms with Crippen molar-refractivity contribution in [3.63, 3.8) is 0 Å². The summed E-state index contributed by atoms with van der Waals surface area (Å²) in [6.45, 7) is 10.5. The van der Waals surface area contributed by atoms with Crippen LogP contribution in [0.25, 0.3) is 33.9 Å². The van der Waals surface area contributed by atoms with Gasteiger partial charge in [0.05, 0.1) is 17.2 Å². The van der Waals surface area contributed by atoms with Gasteiger partial charge in [-0.25, -0.2) is 9.97 Å². The van der Waals surface area contributed by atoms with E-state index in [1.165, 1.54) is 11.3 Å². The normalized spacial score (nSPS) is 15.0. The lowest BCUT2D eigenvalue weighted by Crippen LogP contribution is -2.53. The molecule has 2 atom stereocenters. The quantitative estimate of drug-likeness (QED) is 0.0937. The number of guanidine groups is 1. The molecule has 0 spiro atoms. The number of carbonyl (C=O) groups is 2. The van der Waals surface area contributed by atoms with Crippen LogP contribution in [0, 0.1) is 6.92 Å². The molecule has 12 heteroatoms. The summed E-state index contributed by atoms with van der Waals surface area (Å²) < 4.78 is 1.83. The van der Waals surface area contributed by atoms with Crippen molar-refractivity contribution in [2.75, 3.05) is 31.1 Å². The molecule has 0 radical (unpaired) electrons. The van der Waals surface area contributed by atoms with Gasteiger partial charge in [-0.3, -0.25) is 14.6 Å². The van der Waals surface area contributed by atoms with Crippen LogP contribution in [0.4, 0.5) is 5.69 Å². The fourth-order valence-electron chi connectivity index (χ4n) is 6.32. The lowest BCUT2D eigenvalue weighted by atomic mass is 10.1. The number of primary amides is 1. The number of hydrogen-bond donors (Lipinski definition) is 4. The number of piperazine rings is 1. The van der Waals surface area contributed by atoms with Crippen LogP contribution in [0.3, 0.4) is 0 Å². The molecule has 1 aliphatic heterocycles. The minimum atomic E-state index is -0.746. The minimum absolute atomic E-state index is 0.0107. The molecule has 1 fully saturated rings. The molecule has 12 nitrogen and oxygen atoms in total. The number of aryl methyl sites for hydroxylation is 1. The minimum Gasteiger partial charge on any atom is -0.370 e. The van der Waals surface area contributed by atoms with Gasteiger partial charge in [0, 0.05) is 49.0 Å². The molecule has 1 aliphatic rings. The van der Waals surface area contributed by atoms with Crippen LogP contribution >= 0.6 is 0 Å². The van der Waals surface area contributed by atoms with Gasteiger partial charge in [0.2, 0.25) is 5.91 Å². The maximum atomic E-state index is 13.8. The van der Waals surface area contributed by atoms with Crippen molar-refractivity contribution in [1.29, 1.82) is 0 Å². The van der Waals surface area contributed by atoms with Crippen LogP contribution in [0.2, 0.25) is 0 Å². The predicted molar refractivity (Wildman–Crippen MR) is 196 cm³/mol. The van der Waals surface area contributed by atoms with Crippen LogP contribution < -0.4 is 22.1 Å². The van der Waals surface area contributed by atoms with Crippen molar-refractivity contribution in [3.05, 3.63) is 90.1 Å². The number of anilines is 1. The zero-order valence-corrected chi connectivity index (χ0v) is 28.6. The van der Waals surface area contributed by atoms with Gasteiger partial charge < -0.3 is 36.6 Å².